The maximum absolute atomic E-state index is 13.9. The zero-order chi connectivity index (χ0) is 27.3. The van der Waals surface area contributed by atoms with E-state index in [4.69, 9.17) is 0 Å². The van der Waals surface area contributed by atoms with Crippen molar-refractivity contribution in [2.45, 2.75) is 59.8 Å². The Morgan fingerprint density at radius 3 is 1.15 bits per heavy atom. The summed E-state index contributed by atoms with van der Waals surface area (Å²) < 4.78 is 273. The van der Waals surface area contributed by atoms with Crippen LogP contribution in [0.15, 0.2) is 0 Å². The van der Waals surface area contributed by atoms with Gasteiger partial charge in [-0.25, -0.2) is 0 Å². The van der Waals surface area contributed by atoms with Crippen LogP contribution in [0, 0.1) is 0 Å². The van der Waals surface area contributed by atoms with Crippen LogP contribution in [-0.4, -0.2) is 65.0 Å². The average Bonchev–Trinajstić information content (AvgIpc) is 2.57. The standard InChI is InChI=1S/C10F21NO/c11-1(12,3(15,16)5(19,20)7(22,23)24)2(13,14)4(17,18)6(21)8(25,26)32(31)9(27,28)10(29,30)33-6. The van der Waals surface area contributed by atoms with E-state index >= 15 is 0 Å². The highest BCUT2D eigenvalue weighted by molar-refractivity contribution is 5.16. The molecule has 2 nitrogen and oxygen atoms in total. The molecule has 23 heteroatoms. The van der Waals surface area contributed by atoms with Crippen LogP contribution in [0.3, 0.4) is 0 Å². The molecule has 1 heterocycles. The molecule has 1 unspecified atom stereocenters. The molecule has 0 aromatic carbocycles. The summed E-state index contributed by atoms with van der Waals surface area (Å²) in [6, 6.07) is -15.2. The molecular weight excluding hydrogens is 549 g/mol. The van der Waals surface area contributed by atoms with Crippen LogP contribution in [0.5, 0.6) is 0 Å². The number of rotatable bonds is 5. The van der Waals surface area contributed by atoms with Crippen LogP contribution < -0.4 is 0 Å². The first-order valence-electron chi connectivity index (χ1n) is 6.80. The molecule has 1 saturated heterocycles. The Morgan fingerprint density at radius 1 is 0.485 bits per heavy atom. The number of morpholine rings is 1. The fraction of sp³-hybridized carbons (Fsp3) is 1.00. The van der Waals surface area contributed by atoms with Gasteiger partial charge in [0.25, 0.3) is 0 Å². The molecule has 0 aromatic heterocycles. The Labute approximate surface area is 163 Å². The zero-order valence-corrected chi connectivity index (χ0v) is 13.8. The van der Waals surface area contributed by atoms with Gasteiger partial charge in [-0.05, 0) is 5.12 Å². The van der Waals surface area contributed by atoms with Crippen LogP contribution in [0.25, 0.3) is 0 Å². The largest absolute Gasteiger partial charge is 0.460 e. The fourth-order valence-corrected chi connectivity index (χ4v) is 1.94. The molecule has 198 valence electrons. The van der Waals surface area contributed by atoms with Crippen LogP contribution >= 0.6 is 0 Å². The van der Waals surface area contributed by atoms with Gasteiger partial charge in [0.05, 0.1) is 0 Å². The summed E-state index contributed by atoms with van der Waals surface area (Å²) in [5.74, 6) is -52.4. The third kappa shape index (κ3) is 3.15. The molecule has 0 aliphatic carbocycles. The summed E-state index contributed by atoms with van der Waals surface area (Å²) in [6.45, 7) is 0. The monoisotopic (exact) mass is 549 g/mol. The van der Waals surface area contributed by atoms with Crippen molar-refractivity contribution >= 4 is 0 Å². The van der Waals surface area contributed by atoms with E-state index in [0.717, 1.165) is 0 Å². The number of nitrogens with zero attached hydrogens (tertiary/aromatic N) is 1. The zero-order valence-electron chi connectivity index (χ0n) is 13.8. The molecule has 0 amide bonds. The summed E-state index contributed by atoms with van der Waals surface area (Å²) >= 11 is 0. The second kappa shape index (κ2) is 6.77. The fourth-order valence-electron chi connectivity index (χ4n) is 1.94. The first-order valence-corrected chi connectivity index (χ1v) is 6.80. The lowest BCUT2D eigenvalue weighted by Crippen LogP contribution is -2.82. The minimum absolute atomic E-state index is 1.37. The first kappa shape index (κ1) is 29.5. The second-order valence-electron chi connectivity index (χ2n) is 5.95. The van der Waals surface area contributed by atoms with E-state index in [1.165, 1.54) is 4.74 Å². The highest BCUT2D eigenvalue weighted by Crippen LogP contribution is 2.67. The van der Waals surface area contributed by atoms with E-state index in [2.05, 4.69) is 0 Å². The van der Waals surface area contributed by atoms with E-state index in [0.29, 0.717) is 0 Å². The molecule has 1 atom stereocenters. The van der Waals surface area contributed by atoms with Gasteiger partial charge in [0.2, 0.25) is 0 Å². The summed E-state index contributed by atoms with van der Waals surface area (Å²) in [5.41, 5.74) is 0. The summed E-state index contributed by atoms with van der Waals surface area (Å²) in [4.78, 5) is 0. The molecular formula is C10F21NO. The van der Waals surface area contributed by atoms with Gasteiger partial charge in [0, 0.05) is 0 Å². The number of alkyl halides is 20. The SMILES string of the molecule is FN1C(F)(F)C(F)(F)OC(F)(C(F)(F)C(F)(F)C(F)(F)C(F)(F)C(F)(F)C(F)(F)F)C1(F)F. The maximum atomic E-state index is 13.9. The summed E-state index contributed by atoms with van der Waals surface area (Å²) in [6.07, 6.45) is -15.4. The van der Waals surface area contributed by atoms with Crippen molar-refractivity contribution in [2.24, 2.45) is 0 Å². The van der Waals surface area contributed by atoms with Crippen molar-refractivity contribution in [1.29, 1.82) is 0 Å². The Balaban J connectivity index is 3.85. The predicted octanol–water partition coefficient (Wildman–Crippen LogP) is 6.39. The molecule has 1 aliphatic rings. The highest BCUT2D eigenvalue weighted by Gasteiger charge is 2.98. The molecule has 0 saturated carbocycles. The van der Waals surface area contributed by atoms with Gasteiger partial charge in [-0.1, -0.05) is 0 Å². The number of hydrogen-bond acceptors (Lipinski definition) is 2. The second-order valence-corrected chi connectivity index (χ2v) is 5.95. The maximum Gasteiger partial charge on any atom is 0.460 e. The van der Waals surface area contributed by atoms with E-state index < -0.39 is 65.0 Å². The van der Waals surface area contributed by atoms with Crippen molar-refractivity contribution in [3.63, 3.8) is 0 Å². The topological polar surface area (TPSA) is 12.5 Å². The van der Waals surface area contributed by atoms with Crippen LogP contribution in [0.2, 0.25) is 0 Å². The summed E-state index contributed by atoms with van der Waals surface area (Å²) in [5, 5.41) is -4.28. The normalized spacial score (nSPS) is 27.5. The lowest BCUT2D eigenvalue weighted by atomic mass is 9.89. The Kier molecular flexibility index (Phi) is 6.05. The van der Waals surface area contributed by atoms with Gasteiger partial charge in [-0.2, -0.15) is 87.8 Å². The average molecular weight is 549 g/mol. The van der Waals surface area contributed by atoms with Crippen molar-refractivity contribution in [1.82, 2.24) is 5.12 Å². The van der Waals surface area contributed by atoms with E-state index in [1.807, 2.05) is 0 Å². The molecule has 1 aliphatic heterocycles. The molecule has 0 bridgehead atoms. The number of halogens is 21. The van der Waals surface area contributed by atoms with Gasteiger partial charge in [0.1, 0.15) is 0 Å². The lowest BCUT2D eigenvalue weighted by Gasteiger charge is -2.50. The first-order chi connectivity index (χ1) is 13.9. The van der Waals surface area contributed by atoms with E-state index in [-0.39, 0.29) is 0 Å². The van der Waals surface area contributed by atoms with Crippen molar-refractivity contribution < 1.29 is 97.0 Å². The van der Waals surface area contributed by atoms with Crippen molar-refractivity contribution in [2.75, 3.05) is 0 Å². The quantitative estimate of drug-likeness (QED) is 0.224. The van der Waals surface area contributed by atoms with Gasteiger partial charge in [-0.3, -0.25) is 4.74 Å². The molecule has 0 radical (unpaired) electrons. The van der Waals surface area contributed by atoms with Gasteiger partial charge in [0.15, 0.2) is 0 Å². The van der Waals surface area contributed by atoms with Crippen LogP contribution in [0.4, 0.5) is 92.3 Å². The van der Waals surface area contributed by atoms with Crippen molar-refractivity contribution in [3.05, 3.63) is 0 Å². The molecule has 0 spiro atoms. The number of hydrogen-bond donors (Lipinski definition) is 0. The third-order valence-corrected chi connectivity index (χ3v) is 3.84. The van der Waals surface area contributed by atoms with Crippen LogP contribution in [0.1, 0.15) is 0 Å². The minimum atomic E-state index is -9.04. The molecule has 1 rings (SSSR count). The Bertz CT molecular complexity index is 767. The van der Waals surface area contributed by atoms with Gasteiger partial charge < -0.3 is 0 Å². The van der Waals surface area contributed by atoms with E-state index in [1.54, 1.807) is 0 Å². The van der Waals surface area contributed by atoms with E-state index in [9.17, 15) is 92.3 Å². The highest BCUT2D eigenvalue weighted by atomic mass is 19.4. The molecule has 33 heavy (non-hydrogen) atoms. The van der Waals surface area contributed by atoms with Gasteiger partial charge >= 0.3 is 59.8 Å². The number of ether oxygens (including phenoxy) is 1. The molecule has 1 fully saturated rings. The molecule has 0 aromatic rings. The Hall–Kier alpha value is -1.55. The van der Waals surface area contributed by atoms with Crippen molar-refractivity contribution in [3.8, 4) is 0 Å². The third-order valence-electron chi connectivity index (χ3n) is 3.84. The summed E-state index contributed by atoms with van der Waals surface area (Å²) in [7, 11) is 0. The predicted molar refractivity (Wildman–Crippen MR) is 53.5 cm³/mol. The van der Waals surface area contributed by atoms with Crippen LogP contribution in [-0.2, 0) is 4.74 Å². The lowest BCUT2D eigenvalue weighted by molar-refractivity contribution is -0.598. The Morgan fingerprint density at radius 2 is 0.818 bits per heavy atom. The van der Waals surface area contributed by atoms with Gasteiger partial charge in [-0.15, -0.1) is 4.48 Å². The smallest absolute Gasteiger partial charge is 0.264 e. The minimum Gasteiger partial charge on any atom is -0.264 e. The molecule has 0 N–H and O–H groups in total.